The molecule has 0 bridgehead atoms. The molecule has 0 aliphatic carbocycles. The highest BCUT2D eigenvalue weighted by atomic mass is 15.1. The molecular weight excluding hydrogens is 252 g/mol. The number of aromatic nitrogens is 4. The van der Waals surface area contributed by atoms with E-state index in [0.717, 1.165) is 24.0 Å². The zero-order valence-electron chi connectivity index (χ0n) is 11.2. The number of aryl methyl sites for hydroxylation is 1. The second kappa shape index (κ2) is 5.16. The van der Waals surface area contributed by atoms with Crippen molar-refractivity contribution in [1.82, 2.24) is 19.9 Å². The Morgan fingerprint density at radius 2 is 2.10 bits per heavy atom. The summed E-state index contributed by atoms with van der Waals surface area (Å²) >= 11 is 0. The van der Waals surface area contributed by atoms with Gasteiger partial charge >= 0.3 is 0 Å². The molecule has 0 radical (unpaired) electrons. The van der Waals surface area contributed by atoms with Crippen LogP contribution in [-0.2, 0) is 6.42 Å². The van der Waals surface area contributed by atoms with E-state index in [1.165, 1.54) is 5.56 Å². The van der Waals surface area contributed by atoms with Crippen molar-refractivity contribution in [1.29, 1.82) is 0 Å². The SMILES string of the molecule is CCCc1ccccc1Nc1nc(N)nc2nc[nH]c12. The lowest BCUT2D eigenvalue weighted by Crippen LogP contribution is -2.03. The molecule has 0 amide bonds. The molecule has 3 rings (SSSR count). The number of hydrogen-bond donors (Lipinski definition) is 3. The van der Waals surface area contributed by atoms with Crippen LogP contribution < -0.4 is 11.1 Å². The lowest BCUT2D eigenvalue weighted by Gasteiger charge is -2.11. The van der Waals surface area contributed by atoms with Crippen molar-refractivity contribution in [2.45, 2.75) is 19.8 Å². The third-order valence-corrected chi connectivity index (χ3v) is 3.09. The first-order chi connectivity index (χ1) is 9.78. The standard InChI is InChI=1S/C14H16N6/c1-2-5-9-6-3-4-7-10(9)18-13-11-12(17-8-16-11)19-14(15)20-13/h3-4,6-8H,2,5H2,1H3,(H4,15,16,17,18,19,20). The van der Waals surface area contributed by atoms with E-state index in [1.54, 1.807) is 6.33 Å². The number of aromatic amines is 1. The number of benzene rings is 1. The number of nitrogen functional groups attached to an aromatic ring is 1. The summed E-state index contributed by atoms with van der Waals surface area (Å²) in [6.07, 6.45) is 3.68. The van der Waals surface area contributed by atoms with Crippen LogP contribution in [0.4, 0.5) is 17.5 Å². The molecule has 0 saturated carbocycles. The van der Waals surface area contributed by atoms with Gasteiger partial charge in [-0.15, -0.1) is 0 Å². The van der Waals surface area contributed by atoms with Crippen molar-refractivity contribution in [3.05, 3.63) is 36.2 Å². The average molecular weight is 268 g/mol. The maximum absolute atomic E-state index is 5.72. The number of rotatable bonds is 4. The molecule has 0 saturated heterocycles. The van der Waals surface area contributed by atoms with Crippen molar-refractivity contribution < 1.29 is 0 Å². The van der Waals surface area contributed by atoms with Crippen LogP contribution in [0.2, 0.25) is 0 Å². The molecule has 1 aromatic carbocycles. The van der Waals surface area contributed by atoms with Crippen LogP contribution in [0.3, 0.4) is 0 Å². The maximum Gasteiger partial charge on any atom is 0.224 e. The van der Waals surface area contributed by atoms with Gasteiger partial charge in [-0.3, -0.25) is 0 Å². The molecule has 0 fully saturated rings. The third kappa shape index (κ3) is 2.27. The van der Waals surface area contributed by atoms with Crippen LogP contribution in [-0.4, -0.2) is 19.9 Å². The molecule has 0 aliphatic heterocycles. The number of nitrogens with zero attached hydrogens (tertiary/aromatic N) is 3. The predicted octanol–water partition coefficient (Wildman–Crippen LogP) is 2.63. The van der Waals surface area contributed by atoms with E-state index < -0.39 is 0 Å². The normalized spacial score (nSPS) is 10.8. The van der Waals surface area contributed by atoms with Crippen molar-refractivity contribution in [3.63, 3.8) is 0 Å². The summed E-state index contributed by atoms with van der Waals surface area (Å²) < 4.78 is 0. The molecule has 0 aliphatic rings. The largest absolute Gasteiger partial charge is 0.368 e. The first kappa shape index (κ1) is 12.4. The van der Waals surface area contributed by atoms with Gasteiger partial charge in [0, 0.05) is 5.69 Å². The highest BCUT2D eigenvalue weighted by molar-refractivity contribution is 5.86. The van der Waals surface area contributed by atoms with E-state index in [9.17, 15) is 0 Å². The number of anilines is 3. The van der Waals surface area contributed by atoms with Gasteiger partial charge in [-0.1, -0.05) is 31.5 Å². The lowest BCUT2D eigenvalue weighted by molar-refractivity contribution is 0.923. The second-order valence-electron chi connectivity index (χ2n) is 4.56. The Kier molecular flexibility index (Phi) is 3.20. The van der Waals surface area contributed by atoms with Gasteiger partial charge in [0.05, 0.1) is 6.33 Å². The summed E-state index contributed by atoms with van der Waals surface area (Å²) in [6, 6.07) is 8.18. The van der Waals surface area contributed by atoms with E-state index in [2.05, 4.69) is 38.2 Å². The van der Waals surface area contributed by atoms with Gasteiger partial charge in [-0.25, -0.2) is 4.98 Å². The fourth-order valence-corrected chi connectivity index (χ4v) is 2.20. The summed E-state index contributed by atoms with van der Waals surface area (Å²) in [5.74, 6) is 0.855. The van der Waals surface area contributed by atoms with Crippen molar-refractivity contribution in [3.8, 4) is 0 Å². The fraction of sp³-hybridized carbons (Fsp3) is 0.214. The van der Waals surface area contributed by atoms with Crippen LogP contribution in [0.1, 0.15) is 18.9 Å². The molecule has 2 aromatic heterocycles. The molecule has 0 unspecified atom stereocenters. The Balaban J connectivity index is 2.03. The number of para-hydroxylation sites is 1. The number of nitrogens with one attached hydrogen (secondary N) is 2. The first-order valence-corrected chi connectivity index (χ1v) is 6.59. The topological polar surface area (TPSA) is 92.5 Å². The van der Waals surface area contributed by atoms with Gasteiger partial charge in [0.1, 0.15) is 5.52 Å². The zero-order valence-corrected chi connectivity index (χ0v) is 11.2. The van der Waals surface area contributed by atoms with Crippen LogP contribution in [0.5, 0.6) is 0 Å². The number of H-pyrrole nitrogens is 1. The number of imidazole rings is 1. The van der Waals surface area contributed by atoms with Crippen LogP contribution >= 0.6 is 0 Å². The van der Waals surface area contributed by atoms with E-state index in [-0.39, 0.29) is 5.95 Å². The minimum Gasteiger partial charge on any atom is -0.368 e. The molecule has 6 nitrogen and oxygen atoms in total. The Labute approximate surface area is 116 Å². The highest BCUT2D eigenvalue weighted by Crippen LogP contribution is 2.25. The molecule has 102 valence electrons. The summed E-state index contributed by atoms with van der Waals surface area (Å²) in [6.45, 7) is 2.16. The Bertz CT molecular complexity index is 733. The highest BCUT2D eigenvalue weighted by Gasteiger charge is 2.10. The van der Waals surface area contributed by atoms with Crippen molar-refractivity contribution in [2.75, 3.05) is 11.1 Å². The predicted molar refractivity (Wildman–Crippen MR) is 79.8 cm³/mol. The summed E-state index contributed by atoms with van der Waals surface area (Å²) in [5, 5.41) is 3.32. The van der Waals surface area contributed by atoms with E-state index >= 15 is 0 Å². The Morgan fingerprint density at radius 3 is 2.95 bits per heavy atom. The quantitative estimate of drug-likeness (QED) is 0.676. The monoisotopic (exact) mass is 268 g/mol. The Hall–Kier alpha value is -2.63. The van der Waals surface area contributed by atoms with Gasteiger partial charge in [0.2, 0.25) is 5.95 Å². The third-order valence-electron chi connectivity index (χ3n) is 3.09. The lowest BCUT2D eigenvalue weighted by atomic mass is 10.1. The van der Waals surface area contributed by atoms with Crippen LogP contribution in [0.15, 0.2) is 30.6 Å². The minimum absolute atomic E-state index is 0.208. The van der Waals surface area contributed by atoms with Gasteiger partial charge in [0.15, 0.2) is 11.5 Å². The van der Waals surface area contributed by atoms with Gasteiger partial charge < -0.3 is 16.0 Å². The van der Waals surface area contributed by atoms with E-state index in [0.29, 0.717) is 11.5 Å². The average Bonchev–Trinajstić information content (AvgIpc) is 2.89. The zero-order chi connectivity index (χ0) is 13.9. The smallest absolute Gasteiger partial charge is 0.224 e. The molecule has 6 heteroatoms. The summed E-state index contributed by atoms with van der Waals surface area (Å²) in [5.41, 5.74) is 9.32. The second-order valence-corrected chi connectivity index (χ2v) is 4.56. The minimum atomic E-state index is 0.208. The number of fused-ring (bicyclic) bond motifs is 1. The van der Waals surface area contributed by atoms with Crippen molar-refractivity contribution in [2.24, 2.45) is 0 Å². The summed E-state index contributed by atoms with van der Waals surface area (Å²) in [7, 11) is 0. The van der Waals surface area contributed by atoms with E-state index in [4.69, 9.17) is 5.73 Å². The first-order valence-electron chi connectivity index (χ1n) is 6.59. The molecule has 0 atom stereocenters. The molecule has 3 aromatic rings. The number of hydrogen-bond acceptors (Lipinski definition) is 5. The van der Waals surface area contributed by atoms with Gasteiger partial charge in [-0.2, -0.15) is 9.97 Å². The van der Waals surface area contributed by atoms with Crippen LogP contribution in [0, 0.1) is 0 Å². The maximum atomic E-state index is 5.72. The molecule has 0 spiro atoms. The molecule has 2 heterocycles. The van der Waals surface area contributed by atoms with Gasteiger partial charge in [-0.05, 0) is 18.1 Å². The van der Waals surface area contributed by atoms with Gasteiger partial charge in [0.25, 0.3) is 0 Å². The van der Waals surface area contributed by atoms with E-state index in [1.807, 2.05) is 18.2 Å². The van der Waals surface area contributed by atoms with Crippen molar-refractivity contribution >= 4 is 28.6 Å². The Morgan fingerprint density at radius 1 is 1.25 bits per heavy atom. The summed E-state index contributed by atoms with van der Waals surface area (Å²) in [4.78, 5) is 15.5. The number of nitrogens with two attached hydrogens (primary N) is 1. The fourth-order valence-electron chi connectivity index (χ4n) is 2.20. The van der Waals surface area contributed by atoms with Crippen LogP contribution in [0.25, 0.3) is 11.2 Å². The molecule has 4 N–H and O–H groups in total. The molecule has 20 heavy (non-hydrogen) atoms. The molecular formula is C14H16N6.